The van der Waals surface area contributed by atoms with Crippen LogP contribution in [0.5, 0.6) is 0 Å². The quantitative estimate of drug-likeness (QED) is 0.681. The molecule has 5 rings (SSSR count). The highest BCUT2D eigenvalue weighted by Crippen LogP contribution is 2.32. The Balaban J connectivity index is 1.31. The number of nitrogens with zero attached hydrogens (tertiary/aromatic N) is 8. The van der Waals surface area contributed by atoms with Crippen molar-refractivity contribution in [3.05, 3.63) is 41.3 Å². The lowest BCUT2D eigenvalue weighted by atomic mass is 10.2. The fraction of sp³-hybridized carbons (Fsp3) is 0.500. The molecule has 0 saturated carbocycles. The lowest BCUT2D eigenvalue weighted by molar-refractivity contribution is -0.137. The second kappa shape index (κ2) is 8.41. The van der Waals surface area contributed by atoms with Gasteiger partial charge in [0.1, 0.15) is 24.1 Å². The number of aryl methyl sites for hydroxylation is 1. The number of aromatic nitrogens is 3. The molecule has 0 aliphatic carbocycles. The number of ether oxygens (including phenoxy) is 1. The van der Waals surface area contributed by atoms with Crippen molar-refractivity contribution in [1.82, 2.24) is 19.7 Å². The molecular formula is C22H25F3N8O. The minimum atomic E-state index is -4.41. The Hall–Kier alpha value is -3.44. The summed E-state index contributed by atoms with van der Waals surface area (Å²) >= 11 is 0. The van der Waals surface area contributed by atoms with E-state index in [1.54, 1.807) is 4.90 Å². The molecule has 0 spiro atoms. The zero-order chi connectivity index (χ0) is 24.0. The van der Waals surface area contributed by atoms with Gasteiger partial charge in [0.15, 0.2) is 12.2 Å². The zero-order valence-electron chi connectivity index (χ0n) is 19.1. The van der Waals surface area contributed by atoms with E-state index < -0.39 is 17.8 Å². The first kappa shape index (κ1) is 22.4. The van der Waals surface area contributed by atoms with Gasteiger partial charge in [0.25, 0.3) is 0 Å². The van der Waals surface area contributed by atoms with Crippen molar-refractivity contribution < 1.29 is 17.9 Å². The SMILES string of the molecule is CCn1ncc(C2=NC3C(O[C@H]4CCN(c5cc(C(F)(F)F)ccn5)C4)=NC=NC3N2C)c1C. The van der Waals surface area contributed by atoms with Crippen molar-refractivity contribution in [3.63, 3.8) is 0 Å². The molecule has 0 radical (unpaired) electrons. The molecule has 180 valence electrons. The minimum Gasteiger partial charge on any atom is -0.474 e. The number of alkyl halides is 3. The molecule has 2 aromatic rings. The molecule has 1 fully saturated rings. The van der Waals surface area contributed by atoms with Crippen LogP contribution in [0, 0.1) is 6.92 Å². The standard InChI is InChI=1S/C22H25F3N8O/c1-4-33-13(2)16(10-29-33)19-30-18-20(31(19)3)27-12-28-21(18)34-15-6-8-32(11-15)17-9-14(5-7-26-17)22(23,24)25/h5,7,9-10,12,15,18,20H,4,6,8,11H2,1-3H3/t15-,18?,20?/m0/s1. The fourth-order valence-electron chi connectivity index (χ4n) is 4.54. The molecular weight excluding hydrogens is 449 g/mol. The van der Waals surface area contributed by atoms with Gasteiger partial charge in [-0.3, -0.25) is 9.67 Å². The van der Waals surface area contributed by atoms with Crippen LogP contribution < -0.4 is 4.90 Å². The molecule has 0 amide bonds. The van der Waals surface area contributed by atoms with E-state index in [1.807, 2.05) is 36.7 Å². The largest absolute Gasteiger partial charge is 0.474 e. The maximum absolute atomic E-state index is 13.1. The van der Waals surface area contributed by atoms with Gasteiger partial charge in [-0.2, -0.15) is 18.3 Å². The van der Waals surface area contributed by atoms with Crippen molar-refractivity contribution in [2.24, 2.45) is 15.0 Å². The van der Waals surface area contributed by atoms with Gasteiger partial charge in [-0.05, 0) is 26.0 Å². The van der Waals surface area contributed by atoms with Crippen LogP contribution in [0.25, 0.3) is 0 Å². The highest BCUT2D eigenvalue weighted by atomic mass is 19.4. The Kier molecular flexibility index (Phi) is 5.53. The van der Waals surface area contributed by atoms with E-state index in [0.29, 0.717) is 25.4 Å². The van der Waals surface area contributed by atoms with Crippen LogP contribution >= 0.6 is 0 Å². The van der Waals surface area contributed by atoms with Crippen molar-refractivity contribution in [2.75, 3.05) is 25.0 Å². The number of fused-ring (bicyclic) bond motifs is 1. The number of halogens is 3. The van der Waals surface area contributed by atoms with E-state index in [2.05, 4.69) is 20.1 Å². The van der Waals surface area contributed by atoms with Crippen molar-refractivity contribution in [1.29, 1.82) is 0 Å². The average Bonchev–Trinajstić information content (AvgIpc) is 3.51. The van der Waals surface area contributed by atoms with Gasteiger partial charge in [0, 0.05) is 38.4 Å². The summed E-state index contributed by atoms with van der Waals surface area (Å²) in [4.78, 5) is 21.6. The summed E-state index contributed by atoms with van der Waals surface area (Å²) in [6.07, 6.45) is 0.199. The summed E-state index contributed by atoms with van der Waals surface area (Å²) in [5.74, 6) is 1.53. The normalized spacial score (nSPS) is 24.4. The van der Waals surface area contributed by atoms with Crippen molar-refractivity contribution in [2.45, 2.75) is 51.3 Å². The predicted molar refractivity (Wildman–Crippen MR) is 121 cm³/mol. The van der Waals surface area contributed by atoms with Crippen molar-refractivity contribution >= 4 is 23.9 Å². The second-order valence-electron chi connectivity index (χ2n) is 8.49. The Morgan fingerprint density at radius 2 is 2.09 bits per heavy atom. The molecule has 0 N–H and O–H groups in total. The topological polar surface area (TPSA) is 83.5 Å². The van der Waals surface area contributed by atoms with Crippen LogP contribution in [0.4, 0.5) is 19.0 Å². The van der Waals surface area contributed by atoms with Gasteiger partial charge >= 0.3 is 6.18 Å². The Morgan fingerprint density at radius 1 is 1.26 bits per heavy atom. The first-order valence-electron chi connectivity index (χ1n) is 11.1. The molecule has 5 heterocycles. The number of rotatable bonds is 4. The van der Waals surface area contributed by atoms with E-state index in [-0.39, 0.29) is 18.1 Å². The number of hydrogen-bond acceptors (Lipinski definition) is 8. The van der Waals surface area contributed by atoms with E-state index in [9.17, 15) is 13.2 Å². The first-order chi connectivity index (χ1) is 16.3. The molecule has 12 heteroatoms. The van der Waals surface area contributed by atoms with Gasteiger partial charge in [-0.1, -0.05) is 0 Å². The van der Waals surface area contributed by atoms with Gasteiger partial charge in [0.2, 0.25) is 5.90 Å². The summed E-state index contributed by atoms with van der Waals surface area (Å²) < 4.78 is 47.4. The monoisotopic (exact) mass is 474 g/mol. The fourth-order valence-corrected chi connectivity index (χ4v) is 4.54. The van der Waals surface area contributed by atoms with Crippen LogP contribution in [0.3, 0.4) is 0 Å². The van der Waals surface area contributed by atoms with Gasteiger partial charge in [-0.15, -0.1) is 0 Å². The average molecular weight is 474 g/mol. The Labute approximate surface area is 194 Å². The maximum atomic E-state index is 13.1. The lowest BCUT2D eigenvalue weighted by Gasteiger charge is -2.26. The molecule has 0 aromatic carbocycles. The number of hydrogen-bond donors (Lipinski definition) is 0. The van der Waals surface area contributed by atoms with E-state index >= 15 is 0 Å². The summed E-state index contributed by atoms with van der Waals surface area (Å²) in [5.41, 5.74) is 1.25. The molecule has 3 aliphatic rings. The van der Waals surface area contributed by atoms with Gasteiger partial charge in [-0.25, -0.2) is 15.0 Å². The third kappa shape index (κ3) is 3.90. The second-order valence-corrected chi connectivity index (χ2v) is 8.49. The summed E-state index contributed by atoms with van der Waals surface area (Å²) in [5, 5.41) is 4.42. The zero-order valence-corrected chi connectivity index (χ0v) is 19.1. The molecule has 2 aromatic heterocycles. The van der Waals surface area contributed by atoms with Crippen molar-refractivity contribution in [3.8, 4) is 0 Å². The summed E-state index contributed by atoms with van der Waals surface area (Å²) in [6, 6.07) is 1.65. The molecule has 34 heavy (non-hydrogen) atoms. The third-order valence-corrected chi connectivity index (χ3v) is 6.40. The molecule has 1 saturated heterocycles. The lowest BCUT2D eigenvalue weighted by Crippen LogP contribution is -2.42. The van der Waals surface area contributed by atoms with Crippen LogP contribution in [0.2, 0.25) is 0 Å². The first-order valence-corrected chi connectivity index (χ1v) is 11.1. The highest BCUT2D eigenvalue weighted by Gasteiger charge is 2.42. The van der Waals surface area contributed by atoms with Crippen LogP contribution in [0.1, 0.15) is 30.2 Å². The third-order valence-electron chi connectivity index (χ3n) is 6.40. The number of aliphatic imine (C=N–C) groups is 3. The Bertz CT molecular complexity index is 1170. The smallest absolute Gasteiger partial charge is 0.416 e. The number of likely N-dealkylation sites (N-methyl/N-ethyl adjacent to an activating group) is 1. The summed E-state index contributed by atoms with van der Waals surface area (Å²) in [7, 11) is 1.93. The molecule has 2 unspecified atom stereocenters. The maximum Gasteiger partial charge on any atom is 0.416 e. The highest BCUT2D eigenvalue weighted by molar-refractivity contribution is 6.05. The molecule has 9 nitrogen and oxygen atoms in total. The minimum absolute atomic E-state index is 0.239. The van der Waals surface area contributed by atoms with Crippen LogP contribution in [-0.4, -0.2) is 76.2 Å². The molecule has 0 bridgehead atoms. The Morgan fingerprint density at radius 3 is 2.82 bits per heavy atom. The van der Waals surface area contributed by atoms with Gasteiger partial charge in [0.05, 0.1) is 23.9 Å². The van der Waals surface area contributed by atoms with E-state index in [0.717, 1.165) is 35.8 Å². The van der Waals surface area contributed by atoms with Gasteiger partial charge < -0.3 is 14.5 Å². The molecule has 3 aliphatic heterocycles. The van der Waals surface area contributed by atoms with Crippen LogP contribution in [0.15, 0.2) is 39.5 Å². The molecule has 3 atom stereocenters. The number of pyridine rings is 1. The predicted octanol–water partition coefficient (Wildman–Crippen LogP) is 2.75. The van der Waals surface area contributed by atoms with E-state index in [1.165, 1.54) is 12.5 Å². The van der Waals surface area contributed by atoms with Crippen LogP contribution in [-0.2, 0) is 17.5 Å². The number of amidine groups is 1. The van der Waals surface area contributed by atoms with E-state index in [4.69, 9.17) is 9.73 Å². The summed E-state index contributed by atoms with van der Waals surface area (Å²) in [6.45, 7) is 5.76. The number of anilines is 1.